The molecular formula is C10H12BrClFNO. The number of phenolic OH excluding ortho intramolecular Hbond substituents is 1. The highest BCUT2D eigenvalue weighted by molar-refractivity contribution is 9.10. The van der Waals surface area contributed by atoms with Crippen LogP contribution < -0.4 is 5.73 Å². The number of halogens is 3. The molecule has 1 aromatic rings. The van der Waals surface area contributed by atoms with Crippen molar-refractivity contribution in [2.24, 2.45) is 11.7 Å². The van der Waals surface area contributed by atoms with Gasteiger partial charge in [0.05, 0.1) is 0 Å². The summed E-state index contributed by atoms with van der Waals surface area (Å²) >= 11 is 3.27. The zero-order chi connectivity index (χ0) is 10.3. The summed E-state index contributed by atoms with van der Waals surface area (Å²) in [6, 6.07) is 2.54. The lowest BCUT2D eigenvalue weighted by Gasteiger charge is -2.14. The maximum Gasteiger partial charge on any atom is 0.165 e. The maximum absolute atomic E-state index is 13.1. The Morgan fingerprint density at radius 3 is 2.60 bits per heavy atom. The molecule has 0 heterocycles. The number of hydrogen-bond acceptors (Lipinski definition) is 2. The van der Waals surface area contributed by atoms with E-state index in [4.69, 9.17) is 5.73 Å². The fourth-order valence-corrected chi connectivity index (χ4v) is 2.15. The number of aromatic hydroxyl groups is 1. The van der Waals surface area contributed by atoms with Crippen molar-refractivity contribution in [2.45, 2.75) is 18.9 Å². The highest BCUT2D eigenvalue weighted by atomic mass is 79.9. The van der Waals surface area contributed by atoms with E-state index in [2.05, 4.69) is 15.9 Å². The molecule has 0 saturated heterocycles. The summed E-state index contributed by atoms with van der Waals surface area (Å²) in [5.74, 6) is -0.544. The van der Waals surface area contributed by atoms with Crippen LogP contribution in [0.25, 0.3) is 0 Å². The second-order valence-electron chi connectivity index (χ2n) is 3.65. The molecule has 1 saturated carbocycles. The third kappa shape index (κ3) is 2.44. The van der Waals surface area contributed by atoms with Crippen molar-refractivity contribution in [3.8, 4) is 5.75 Å². The summed E-state index contributed by atoms with van der Waals surface area (Å²) in [6.07, 6.45) is 2.12. The molecule has 0 amide bonds. The summed E-state index contributed by atoms with van der Waals surface area (Å²) in [7, 11) is 0. The molecule has 0 aliphatic heterocycles. The van der Waals surface area contributed by atoms with Crippen LogP contribution in [0.15, 0.2) is 16.6 Å². The molecule has 5 heteroatoms. The van der Waals surface area contributed by atoms with Crippen LogP contribution >= 0.6 is 28.3 Å². The highest BCUT2D eigenvalue weighted by Gasteiger charge is 2.32. The number of benzene rings is 1. The Morgan fingerprint density at radius 2 is 2.07 bits per heavy atom. The van der Waals surface area contributed by atoms with Gasteiger partial charge in [-0.05, 0) is 30.9 Å². The molecular weight excluding hydrogens is 284 g/mol. The predicted octanol–water partition coefficient (Wildman–Crippen LogP) is 3.13. The molecule has 0 aromatic heterocycles. The molecule has 0 unspecified atom stereocenters. The minimum atomic E-state index is -0.612. The second-order valence-corrected chi connectivity index (χ2v) is 4.51. The van der Waals surface area contributed by atoms with Crippen LogP contribution in [0.3, 0.4) is 0 Å². The lowest BCUT2D eigenvalue weighted by molar-refractivity contribution is 0.416. The van der Waals surface area contributed by atoms with Crippen LogP contribution in [0.2, 0.25) is 0 Å². The molecule has 1 atom stereocenters. The fourth-order valence-electron chi connectivity index (χ4n) is 1.56. The van der Waals surface area contributed by atoms with Gasteiger partial charge in [0.15, 0.2) is 11.6 Å². The van der Waals surface area contributed by atoms with Gasteiger partial charge in [-0.2, -0.15) is 0 Å². The average Bonchev–Trinajstić information content (AvgIpc) is 2.95. The first-order valence-corrected chi connectivity index (χ1v) is 5.33. The molecule has 0 radical (unpaired) electrons. The van der Waals surface area contributed by atoms with E-state index in [0.29, 0.717) is 16.0 Å². The lowest BCUT2D eigenvalue weighted by atomic mass is 10.0. The van der Waals surface area contributed by atoms with E-state index in [0.717, 1.165) is 12.8 Å². The van der Waals surface area contributed by atoms with E-state index in [-0.39, 0.29) is 24.2 Å². The number of hydrogen-bond donors (Lipinski definition) is 2. The Kier molecular flexibility index (Phi) is 3.98. The zero-order valence-electron chi connectivity index (χ0n) is 7.91. The van der Waals surface area contributed by atoms with Gasteiger partial charge in [0, 0.05) is 16.1 Å². The summed E-state index contributed by atoms with van der Waals surface area (Å²) in [6.45, 7) is 0. The standard InChI is InChI=1S/C10H11BrFNO.ClH/c11-6-3-4-7(12)10(14)8(6)9(13)5-1-2-5;/h3-5,9,14H,1-2,13H2;1H/t9-;/m1./s1. The Bertz CT molecular complexity index is 371. The molecule has 1 aromatic carbocycles. The first-order valence-electron chi connectivity index (χ1n) is 4.53. The highest BCUT2D eigenvalue weighted by Crippen LogP contribution is 2.44. The van der Waals surface area contributed by atoms with Crippen LogP contribution in [-0.4, -0.2) is 5.11 Å². The molecule has 3 N–H and O–H groups in total. The van der Waals surface area contributed by atoms with E-state index in [1.165, 1.54) is 6.07 Å². The Balaban J connectivity index is 0.00000112. The lowest BCUT2D eigenvalue weighted by Crippen LogP contribution is -2.13. The van der Waals surface area contributed by atoms with E-state index < -0.39 is 5.82 Å². The van der Waals surface area contributed by atoms with E-state index in [1.54, 1.807) is 6.07 Å². The Hall–Kier alpha value is -0.320. The van der Waals surface area contributed by atoms with Gasteiger partial charge < -0.3 is 10.8 Å². The van der Waals surface area contributed by atoms with Gasteiger partial charge in [0.1, 0.15) is 0 Å². The van der Waals surface area contributed by atoms with Gasteiger partial charge >= 0.3 is 0 Å². The monoisotopic (exact) mass is 295 g/mol. The van der Waals surface area contributed by atoms with Crippen molar-refractivity contribution in [2.75, 3.05) is 0 Å². The predicted molar refractivity (Wildman–Crippen MR) is 62.7 cm³/mol. The second kappa shape index (κ2) is 4.68. The van der Waals surface area contributed by atoms with Crippen LogP contribution in [0.4, 0.5) is 4.39 Å². The van der Waals surface area contributed by atoms with Crippen molar-refractivity contribution in [3.63, 3.8) is 0 Å². The Labute approximate surface area is 102 Å². The SMILES string of the molecule is Cl.N[C@@H](c1c(Br)ccc(F)c1O)C1CC1. The van der Waals surface area contributed by atoms with Gasteiger partial charge in [0.25, 0.3) is 0 Å². The van der Waals surface area contributed by atoms with Crippen molar-refractivity contribution >= 4 is 28.3 Å². The van der Waals surface area contributed by atoms with E-state index in [1.807, 2.05) is 0 Å². The molecule has 1 aliphatic carbocycles. The average molecular weight is 297 g/mol. The molecule has 0 bridgehead atoms. The summed E-state index contributed by atoms with van der Waals surface area (Å²) in [5, 5.41) is 9.54. The van der Waals surface area contributed by atoms with Crippen LogP contribution in [0.1, 0.15) is 24.4 Å². The van der Waals surface area contributed by atoms with Gasteiger partial charge in [-0.25, -0.2) is 4.39 Å². The third-order valence-corrected chi connectivity index (χ3v) is 3.27. The largest absolute Gasteiger partial charge is 0.505 e. The first kappa shape index (κ1) is 12.7. The first-order chi connectivity index (χ1) is 6.61. The molecule has 2 rings (SSSR count). The Morgan fingerprint density at radius 1 is 1.47 bits per heavy atom. The van der Waals surface area contributed by atoms with E-state index in [9.17, 15) is 9.50 Å². The molecule has 15 heavy (non-hydrogen) atoms. The smallest absolute Gasteiger partial charge is 0.165 e. The molecule has 2 nitrogen and oxygen atoms in total. The van der Waals surface area contributed by atoms with Crippen LogP contribution in [-0.2, 0) is 0 Å². The van der Waals surface area contributed by atoms with Crippen molar-refractivity contribution < 1.29 is 9.50 Å². The van der Waals surface area contributed by atoms with Gasteiger partial charge in [-0.15, -0.1) is 12.4 Å². The van der Waals surface area contributed by atoms with E-state index >= 15 is 0 Å². The van der Waals surface area contributed by atoms with Crippen molar-refractivity contribution in [1.29, 1.82) is 0 Å². The summed E-state index contributed by atoms with van der Waals surface area (Å²) in [5.41, 5.74) is 6.41. The minimum absolute atomic E-state index is 0. The third-order valence-electron chi connectivity index (χ3n) is 2.58. The van der Waals surface area contributed by atoms with Crippen molar-refractivity contribution in [3.05, 3.63) is 28.0 Å². The molecule has 1 aliphatic rings. The maximum atomic E-state index is 13.1. The van der Waals surface area contributed by atoms with Crippen molar-refractivity contribution in [1.82, 2.24) is 0 Å². The summed E-state index contributed by atoms with van der Waals surface area (Å²) < 4.78 is 13.8. The molecule has 84 valence electrons. The van der Waals surface area contributed by atoms with Crippen LogP contribution in [0, 0.1) is 11.7 Å². The number of rotatable bonds is 2. The van der Waals surface area contributed by atoms with Gasteiger partial charge in [0.2, 0.25) is 0 Å². The van der Waals surface area contributed by atoms with Crippen LogP contribution in [0.5, 0.6) is 5.75 Å². The normalized spacial score (nSPS) is 17.0. The molecule has 0 spiro atoms. The van der Waals surface area contributed by atoms with Gasteiger partial charge in [-0.3, -0.25) is 0 Å². The number of nitrogens with two attached hydrogens (primary N) is 1. The fraction of sp³-hybridized carbons (Fsp3) is 0.400. The van der Waals surface area contributed by atoms with Gasteiger partial charge in [-0.1, -0.05) is 15.9 Å². The summed E-state index contributed by atoms with van der Waals surface area (Å²) in [4.78, 5) is 0. The quantitative estimate of drug-likeness (QED) is 0.881. The topological polar surface area (TPSA) is 46.2 Å². The number of phenols is 1. The molecule has 1 fully saturated rings. The zero-order valence-corrected chi connectivity index (χ0v) is 10.3. The minimum Gasteiger partial charge on any atom is -0.505 e.